The van der Waals surface area contributed by atoms with Gasteiger partial charge < -0.3 is 9.52 Å². The van der Waals surface area contributed by atoms with Crippen molar-refractivity contribution in [1.82, 2.24) is 4.31 Å². The highest BCUT2D eigenvalue weighted by atomic mass is 32.2. The van der Waals surface area contributed by atoms with Crippen LogP contribution in [0.1, 0.15) is 29.5 Å². The van der Waals surface area contributed by atoms with Gasteiger partial charge in [-0.3, -0.25) is 0 Å². The van der Waals surface area contributed by atoms with E-state index in [1.807, 2.05) is 0 Å². The van der Waals surface area contributed by atoms with Gasteiger partial charge in [0.2, 0.25) is 10.0 Å². The summed E-state index contributed by atoms with van der Waals surface area (Å²) in [6.07, 6.45) is -0.478. The van der Waals surface area contributed by atoms with Gasteiger partial charge >= 0.3 is 0 Å². The van der Waals surface area contributed by atoms with Crippen molar-refractivity contribution in [3.05, 3.63) is 53.2 Å². The lowest BCUT2D eigenvalue weighted by molar-refractivity contribution is 0.188. The smallest absolute Gasteiger partial charge is 0.247 e. The minimum atomic E-state index is -3.80. The van der Waals surface area contributed by atoms with Crippen molar-refractivity contribution in [2.75, 3.05) is 6.54 Å². The molecule has 1 aromatic heterocycles. The Hall–Kier alpha value is -1.70. The van der Waals surface area contributed by atoms with Gasteiger partial charge in [0, 0.05) is 6.54 Å². The molecule has 2 atom stereocenters. The molecule has 1 aliphatic heterocycles. The van der Waals surface area contributed by atoms with Crippen molar-refractivity contribution in [2.24, 2.45) is 0 Å². The van der Waals surface area contributed by atoms with Crippen LogP contribution in [-0.4, -0.2) is 30.5 Å². The SMILES string of the molecule is Cc1cc(S(=O)(=O)N2C[C@H](O)C[C@H]2c2ccc(F)cc2)c(C)o1. The van der Waals surface area contributed by atoms with E-state index in [1.54, 1.807) is 26.0 Å². The van der Waals surface area contributed by atoms with Crippen molar-refractivity contribution in [3.63, 3.8) is 0 Å². The maximum Gasteiger partial charge on any atom is 0.247 e. The molecule has 0 saturated carbocycles. The van der Waals surface area contributed by atoms with E-state index < -0.39 is 22.2 Å². The van der Waals surface area contributed by atoms with Crippen LogP contribution < -0.4 is 0 Å². The summed E-state index contributed by atoms with van der Waals surface area (Å²) in [6.45, 7) is 3.29. The topological polar surface area (TPSA) is 70.8 Å². The van der Waals surface area contributed by atoms with Gasteiger partial charge in [0.05, 0.1) is 12.1 Å². The summed E-state index contributed by atoms with van der Waals surface area (Å²) in [5, 5.41) is 9.97. The highest BCUT2D eigenvalue weighted by Gasteiger charge is 2.41. The molecule has 0 spiro atoms. The van der Waals surface area contributed by atoms with E-state index in [2.05, 4.69) is 0 Å². The van der Waals surface area contributed by atoms with Crippen LogP contribution in [0.2, 0.25) is 0 Å². The predicted octanol–water partition coefficient (Wildman–Crippen LogP) is 2.53. The highest BCUT2D eigenvalue weighted by molar-refractivity contribution is 7.89. The highest BCUT2D eigenvalue weighted by Crippen LogP contribution is 2.38. The summed E-state index contributed by atoms with van der Waals surface area (Å²) >= 11 is 0. The molecule has 1 aromatic carbocycles. The molecule has 1 saturated heterocycles. The fourth-order valence-electron chi connectivity index (χ4n) is 3.03. The van der Waals surface area contributed by atoms with E-state index in [9.17, 15) is 17.9 Å². The Morgan fingerprint density at radius 1 is 1.26 bits per heavy atom. The minimum Gasteiger partial charge on any atom is -0.465 e. The standard InChI is InChI=1S/C16H18FNO4S/c1-10-7-16(11(2)22-10)23(20,21)18-9-14(19)8-15(18)12-3-5-13(17)6-4-12/h3-7,14-15,19H,8-9H2,1-2H3/t14-,15+/m1/s1. The molecule has 2 heterocycles. The third kappa shape index (κ3) is 2.91. The number of sulfonamides is 1. The number of rotatable bonds is 3. The molecule has 1 aliphatic rings. The molecule has 5 nitrogen and oxygen atoms in total. The maximum absolute atomic E-state index is 13.1. The number of halogens is 1. The van der Waals surface area contributed by atoms with Gasteiger partial charge in [-0.25, -0.2) is 12.8 Å². The summed E-state index contributed by atoms with van der Waals surface area (Å²) in [5.74, 6) is 0.448. The quantitative estimate of drug-likeness (QED) is 0.933. The third-order valence-corrected chi connectivity index (χ3v) is 6.05. The van der Waals surface area contributed by atoms with Crippen molar-refractivity contribution in [3.8, 4) is 0 Å². The molecule has 2 aromatic rings. The van der Waals surface area contributed by atoms with Gasteiger partial charge in [-0.1, -0.05) is 12.1 Å². The van der Waals surface area contributed by atoms with Crippen molar-refractivity contribution in [1.29, 1.82) is 0 Å². The molecule has 23 heavy (non-hydrogen) atoms. The van der Waals surface area contributed by atoms with Crippen LogP contribution in [0.25, 0.3) is 0 Å². The Balaban J connectivity index is 2.02. The first-order chi connectivity index (χ1) is 10.8. The molecule has 3 rings (SSSR count). The normalized spacial score (nSPS) is 22.6. The summed E-state index contributed by atoms with van der Waals surface area (Å²) in [7, 11) is -3.80. The molecule has 7 heteroatoms. The number of aryl methyl sites for hydroxylation is 2. The second-order valence-corrected chi connectivity index (χ2v) is 7.67. The first-order valence-corrected chi connectivity index (χ1v) is 8.75. The Bertz CT molecular complexity index is 813. The lowest BCUT2D eigenvalue weighted by atomic mass is 10.0. The number of hydrogen-bond acceptors (Lipinski definition) is 4. The lowest BCUT2D eigenvalue weighted by Gasteiger charge is -2.23. The average molecular weight is 339 g/mol. The lowest BCUT2D eigenvalue weighted by Crippen LogP contribution is -2.32. The Morgan fingerprint density at radius 3 is 2.48 bits per heavy atom. The molecule has 1 fully saturated rings. The number of furan rings is 1. The van der Waals surface area contributed by atoms with Crippen LogP contribution >= 0.6 is 0 Å². The van der Waals surface area contributed by atoms with Crippen molar-refractivity contribution in [2.45, 2.75) is 37.3 Å². The van der Waals surface area contributed by atoms with E-state index in [1.165, 1.54) is 22.5 Å². The Kier molecular flexibility index (Phi) is 4.03. The summed E-state index contributed by atoms with van der Waals surface area (Å²) in [5.41, 5.74) is 0.657. The van der Waals surface area contributed by atoms with Crippen LogP contribution in [0.5, 0.6) is 0 Å². The molecule has 0 radical (unpaired) electrons. The molecule has 0 unspecified atom stereocenters. The monoisotopic (exact) mass is 339 g/mol. The van der Waals surface area contributed by atoms with Crippen LogP contribution in [-0.2, 0) is 10.0 Å². The minimum absolute atomic E-state index is 0.00798. The summed E-state index contributed by atoms with van der Waals surface area (Å²) in [4.78, 5) is 0.108. The van der Waals surface area contributed by atoms with Crippen molar-refractivity contribution >= 4 is 10.0 Å². The molecular formula is C16H18FNO4S. The van der Waals surface area contributed by atoms with Gasteiger partial charge in [-0.2, -0.15) is 4.31 Å². The maximum atomic E-state index is 13.1. The van der Waals surface area contributed by atoms with Gasteiger partial charge in [-0.05, 0) is 44.0 Å². The molecular weight excluding hydrogens is 321 g/mol. The number of β-amino-alcohol motifs (C(OH)–C–C–N with tert-alkyl or cyclic N) is 1. The summed E-state index contributed by atoms with van der Waals surface area (Å²) in [6, 6.07) is 6.64. The average Bonchev–Trinajstić information content (AvgIpc) is 3.03. The van der Waals surface area contributed by atoms with Gasteiger partial charge in [0.1, 0.15) is 22.2 Å². The first kappa shape index (κ1) is 16.2. The molecule has 0 aliphatic carbocycles. The second kappa shape index (κ2) is 5.74. The molecule has 1 N–H and O–H groups in total. The fraction of sp³-hybridized carbons (Fsp3) is 0.375. The largest absolute Gasteiger partial charge is 0.465 e. The van der Waals surface area contributed by atoms with Crippen LogP contribution in [0.3, 0.4) is 0 Å². The van der Waals surface area contributed by atoms with Crippen LogP contribution in [0.15, 0.2) is 39.6 Å². The number of benzene rings is 1. The zero-order chi connectivity index (χ0) is 16.8. The molecule has 0 bridgehead atoms. The third-order valence-electron chi connectivity index (χ3n) is 4.07. The number of nitrogens with zero attached hydrogens (tertiary/aromatic N) is 1. The Labute approximate surface area is 134 Å². The van der Waals surface area contributed by atoms with Gasteiger partial charge in [-0.15, -0.1) is 0 Å². The first-order valence-electron chi connectivity index (χ1n) is 7.31. The van der Waals surface area contributed by atoms with Crippen LogP contribution in [0, 0.1) is 19.7 Å². The second-order valence-electron chi connectivity index (χ2n) is 5.81. The molecule has 0 amide bonds. The van der Waals surface area contributed by atoms with Crippen molar-refractivity contribution < 1.29 is 22.3 Å². The van der Waals surface area contributed by atoms with E-state index >= 15 is 0 Å². The van der Waals surface area contributed by atoms with E-state index in [0.29, 0.717) is 17.1 Å². The summed E-state index contributed by atoms with van der Waals surface area (Å²) < 4.78 is 45.6. The zero-order valence-corrected chi connectivity index (χ0v) is 13.7. The van der Waals surface area contributed by atoms with Gasteiger partial charge in [0.25, 0.3) is 0 Å². The number of hydrogen-bond donors (Lipinski definition) is 1. The van der Waals surface area contributed by atoms with E-state index in [-0.39, 0.29) is 23.7 Å². The van der Waals surface area contributed by atoms with Gasteiger partial charge in [0.15, 0.2) is 0 Å². The van der Waals surface area contributed by atoms with Crippen LogP contribution in [0.4, 0.5) is 4.39 Å². The fourth-order valence-corrected chi connectivity index (χ4v) is 4.91. The number of aliphatic hydroxyl groups is 1. The number of aliphatic hydroxyl groups excluding tert-OH is 1. The van der Waals surface area contributed by atoms with E-state index in [4.69, 9.17) is 4.42 Å². The Morgan fingerprint density at radius 2 is 1.91 bits per heavy atom. The molecule has 124 valence electrons. The predicted molar refractivity (Wildman–Crippen MR) is 81.8 cm³/mol. The zero-order valence-electron chi connectivity index (χ0n) is 12.9. The van der Waals surface area contributed by atoms with E-state index in [0.717, 1.165) is 0 Å².